The molecular formula is C24H24ClN5. The fourth-order valence-electron chi connectivity index (χ4n) is 4.08. The van der Waals surface area contributed by atoms with Crippen LogP contribution in [0.15, 0.2) is 67.0 Å². The minimum Gasteiger partial charge on any atom is -0.371 e. The molecule has 5 nitrogen and oxygen atoms in total. The fourth-order valence-corrected chi connectivity index (χ4v) is 4.28. The van der Waals surface area contributed by atoms with Gasteiger partial charge in [0.25, 0.3) is 0 Å². The van der Waals surface area contributed by atoms with Crippen molar-refractivity contribution in [2.24, 2.45) is 0 Å². The first-order chi connectivity index (χ1) is 14.8. The smallest absolute Gasteiger partial charge is 0.140 e. The number of benzene rings is 2. The van der Waals surface area contributed by atoms with Crippen LogP contribution in [0.25, 0.3) is 22.4 Å². The molecule has 1 saturated heterocycles. The largest absolute Gasteiger partial charge is 0.371 e. The van der Waals surface area contributed by atoms with Crippen molar-refractivity contribution < 1.29 is 0 Å². The van der Waals surface area contributed by atoms with Crippen molar-refractivity contribution in [1.29, 1.82) is 0 Å². The molecule has 5 rings (SSSR count). The summed E-state index contributed by atoms with van der Waals surface area (Å²) >= 11 is 6.53. The summed E-state index contributed by atoms with van der Waals surface area (Å²) in [4.78, 5) is 14.6. The van der Waals surface area contributed by atoms with Crippen LogP contribution >= 0.6 is 11.6 Å². The molecule has 1 aliphatic heterocycles. The highest BCUT2D eigenvalue weighted by Crippen LogP contribution is 2.32. The fraction of sp³-hybridized carbons (Fsp3) is 0.250. The Balaban J connectivity index is 1.27. The van der Waals surface area contributed by atoms with Crippen molar-refractivity contribution in [3.8, 4) is 11.4 Å². The zero-order valence-corrected chi connectivity index (χ0v) is 17.4. The predicted octanol–water partition coefficient (Wildman–Crippen LogP) is 5.04. The topological polar surface area (TPSA) is 56.8 Å². The van der Waals surface area contributed by atoms with Gasteiger partial charge in [0, 0.05) is 49.3 Å². The number of aromatic amines is 1. The first-order valence-corrected chi connectivity index (χ1v) is 10.8. The molecule has 1 aliphatic rings. The summed E-state index contributed by atoms with van der Waals surface area (Å²) < 4.78 is 0. The first-order valence-electron chi connectivity index (χ1n) is 10.4. The van der Waals surface area contributed by atoms with Crippen LogP contribution in [-0.4, -0.2) is 34.1 Å². The lowest BCUT2D eigenvalue weighted by Crippen LogP contribution is -2.42. The molecule has 4 aromatic rings. The van der Waals surface area contributed by atoms with Crippen LogP contribution in [0.4, 0.5) is 5.69 Å². The standard InChI is InChI=1S/C24H24ClN5/c25-21-6-5-19(15-20(21)24-28-22-3-1-2-4-23(22)29-24)30-13-9-18(10-14-30)27-16-17-7-11-26-12-8-17/h1-8,11-12,15,18,27H,9-10,13-14,16H2,(H,28,29). The van der Waals surface area contributed by atoms with Gasteiger partial charge < -0.3 is 15.2 Å². The molecule has 1 fully saturated rings. The summed E-state index contributed by atoms with van der Waals surface area (Å²) in [5.41, 5.74) is 5.40. The number of nitrogens with zero attached hydrogens (tertiary/aromatic N) is 3. The van der Waals surface area contributed by atoms with Gasteiger partial charge in [0.05, 0.1) is 16.1 Å². The quantitative estimate of drug-likeness (QED) is 0.477. The van der Waals surface area contributed by atoms with Crippen molar-refractivity contribution in [2.45, 2.75) is 25.4 Å². The number of piperidine rings is 1. The normalized spacial score (nSPS) is 15.0. The Kier molecular flexibility index (Phi) is 5.39. The molecule has 0 unspecified atom stereocenters. The van der Waals surface area contributed by atoms with Gasteiger partial charge in [-0.05, 0) is 60.9 Å². The third-order valence-electron chi connectivity index (χ3n) is 5.80. The zero-order valence-electron chi connectivity index (χ0n) is 16.7. The van der Waals surface area contributed by atoms with E-state index in [-0.39, 0.29) is 0 Å². The van der Waals surface area contributed by atoms with E-state index in [1.807, 2.05) is 42.7 Å². The van der Waals surface area contributed by atoms with Crippen molar-refractivity contribution in [3.63, 3.8) is 0 Å². The van der Waals surface area contributed by atoms with E-state index in [0.717, 1.165) is 54.9 Å². The Morgan fingerprint density at radius 2 is 1.83 bits per heavy atom. The van der Waals surface area contributed by atoms with Crippen LogP contribution in [-0.2, 0) is 6.54 Å². The molecule has 30 heavy (non-hydrogen) atoms. The average Bonchev–Trinajstić information content (AvgIpc) is 3.23. The second-order valence-corrected chi connectivity index (χ2v) is 8.17. The number of hydrogen-bond acceptors (Lipinski definition) is 4. The summed E-state index contributed by atoms with van der Waals surface area (Å²) in [5, 5.41) is 4.40. The molecular weight excluding hydrogens is 394 g/mol. The summed E-state index contributed by atoms with van der Waals surface area (Å²) in [5.74, 6) is 0.817. The van der Waals surface area contributed by atoms with Gasteiger partial charge >= 0.3 is 0 Å². The van der Waals surface area contributed by atoms with Gasteiger partial charge in [-0.15, -0.1) is 0 Å². The second-order valence-electron chi connectivity index (χ2n) is 7.76. The average molecular weight is 418 g/mol. The van der Waals surface area contributed by atoms with Gasteiger partial charge in [-0.25, -0.2) is 4.98 Å². The number of halogens is 1. The molecule has 0 aliphatic carbocycles. The van der Waals surface area contributed by atoms with Crippen molar-refractivity contribution in [1.82, 2.24) is 20.3 Å². The van der Waals surface area contributed by atoms with Crippen LogP contribution in [0.2, 0.25) is 5.02 Å². The Hall–Kier alpha value is -2.89. The van der Waals surface area contributed by atoms with E-state index in [9.17, 15) is 0 Å². The predicted molar refractivity (Wildman–Crippen MR) is 123 cm³/mol. The summed E-state index contributed by atoms with van der Waals surface area (Å²) in [6.45, 7) is 2.94. The lowest BCUT2D eigenvalue weighted by Gasteiger charge is -2.34. The number of anilines is 1. The highest BCUT2D eigenvalue weighted by Gasteiger charge is 2.20. The Labute approximate surface area is 181 Å². The van der Waals surface area contributed by atoms with Gasteiger partial charge in [0.2, 0.25) is 0 Å². The molecule has 2 aromatic heterocycles. The van der Waals surface area contributed by atoms with Gasteiger partial charge in [-0.3, -0.25) is 4.98 Å². The van der Waals surface area contributed by atoms with Crippen molar-refractivity contribution in [2.75, 3.05) is 18.0 Å². The number of hydrogen-bond donors (Lipinski definition) is 2. The van der Waals surface area contributed by atoms with E-state index in [2.05, 4.69) is 44.5 Å². The molecule has 152 valence electrons. The van der Waals surface area contributed by atoms with E-state index in [1.165, 1.54) is 11.3 Å². The zero-order chi connectivity index (χ0) is 20.3. The van der Waals surface area contributed by atoms with Crippen LogP contribution in [0, 0.1) is 0 Å². The van der Waals surface area contributed by atoms with E-state index < -0.39 is 0 Å². The van der Waals surface area contributed by atoms with E-state index in [4.69, 9.17) is 16.6 Å². The van der Waals surface area contributed by atoms with Gasteiger partial charge in [-0.1, -0.05) is 23.7 Å². The highest BCUT2D eigenvalue weighted by atomic mass is 35.5. The molecule has 2 N–H and O–H groups in total. The maximum absolute atomic E-state index is 6.53. The highest BCUT2D eigenvalue weighted by molar-refractivity contribution is 6.33. The minimum atomic E-state index is 0.538. The van der Waals surface area contributed by atoms with Crippen LogP contribution in [0.1, 0.15) is 18.4 Å². The molecule has 0 radical (unpaired) electrons. The van der Waals surface area contributed by atoms with Crippen LogP contribution in [0.3, 0.4) is 0 Å². The Morgan fingerprint density at radius 1 is 1.03 bits per heavy atom. The van der Waals surface area contributed by atoms with Crippen LogP contribution in [0.5, 0.6) is 0 Å². The molecule has 0 saturated carbocycles. The lowest BCUT2D eigenvalue weighted by atomic mass is 10.0. The minimum absolute atomic E-state index is 0.538. The maximum Gasteiger partial charge on any atom is 0.140 e. The molecule has 6 heteroatoms. The maximum atomic E-state index is 6.53. The Bertz CT molecular complexity index is 1100. The van der Waals surface area contributed by atoms with Crippen LogP contribution < -0.4 is 10.2 Å². The number of fused-ring (bicyclic) bond motifs is 1. The molecule has 0 atom stereocenters. The van der Waals surface area contributed by atoms with Gasteiger partial charge in [-0.2, -0.15) is 0 Å². The third kappa shape index (κ3) is 4.04. The van der Waals surface area contributed by atoms with Crippen molar-refractivity contribution >= 4 is 28.3 Å². The monoisotopic (exact) mass is 417 g/mol. The number of aromatic nitrogens is 3. The van der Waals surface area contributed by atoms with E-state index >= 15 is 0 Å². The molecule has 0 bridgehead atoms. The molecule has 0 amide bonds. The van der Waals surface area contributed by atoms with E-state index in [0.29, 0.717) is 11.1 Å². The molecule has 0 spiro atoms. The Morgan fingerprint density at radius 3 is 2.63 bits per heavy atom. The third-order valence-corrected chi connectivity index (χ3v) is 6.13. The lowest BCUT2D eigenvalue weighted by molar-refractivity contribution is 0.414. The van der Waals surface area contributed by atoms with Gasteiger partial charge in [0.15, 0.2) is 0 Å². The van der Waals surface area contributed by atoms with Gasteiger partial charge in [0.1, 0.15) is 5.82 Å². The first kappa shape index (κ1) is 19.1. The van der Waals surface area contributed by atoms with E-state index in [1.54, 1.807) is 0 Å². The summed E-state index contributed by atoms with van der Waals surface area (Å²) in [7, 11) is 0. The molecule has 2 aromatic carbocycles. The second kappa shape index (κ2) is 8.46. The number of imidazole rings is 1. The number of nitrogens with one attached hydrogen (secondary N) is 2. The number of para-hydroxylation sites is 2. The number of pyridine rings is 1. The van der Waals surface area contributed by atoms with Crippen molar-refractivity contribution in [3.05, 3.63) is 77.6 Å². The summed E-state index contributed by atoms with van der Waals surface area (Å²) in [6.07, 6.45) is 5.93. The molecule has 3 heterocycles. The number of rotatable bonds is 5. The number of H-pyrrole nitrogens is 1. The SMILES string of the molecule is Clc1ccc(N2CCC(NCc3ccncc3)CC2)cc1-c1nc2ccccc2[nH]1. The summed E-state index contributed by atoms with van der Waals surface area (Å²) in [6, 6.07) is 19.0.